The molecule has 0 radical (unpaired) electrons. The van der Waals surface area contributed by atoms with Gasteiger partial charge < -0.3 is 0 Å². The summed E-state index contributed by atoms with van der Waals surface area (Å²) in [7, 11) is 0. The number of imide groups is 1. The number of aromatic amines is 1. The van der Waals surface area contributed by atoms with Gasteiger partial charge in [0.15, 0.2) is 0 Å². The molecule has 0 bridgehead atoms. The van der Waals surface area contributed by atoms with Crippen molar-refractivity contribution in [2.45, 2.75) is 44.9 Å². The van der Waals surface area contributed by atoms with Gasteiger partial charge in [0.1, 0.15) is 5.82 Å². The van der Waals surface area contributed by atoms with Crippen LogP contribution in [0.15, 0.2) is 12.1 Å². The zero-order valence-corrected chi connectivity index (χ0v) is 12.8. The molecule has 116 valence electrons. The molecule has 2 aromatic rings. The molecule has 3 rings (SSSR count). The average molecular weight is 303 g/mol. The van der Waals surface area contributed by atoms with Crippen LogP contribution in [0, 0.1) is 5.82 Å². The molecule has 1 unspecified atom stereocenters. The minimum absolute atomic E-state index is 0.258. The summed E-state index contributed by atoms with van der Waals surface area (Å²) in [6, 6.07) is 3.05. The highest BCUT2D eigenvalue weighted by molar-refractivity contribution is 6.02. The summed E-state index contributed by atoms with van der Waals surface area (Å²) in [5.74, 6) is -1.35. The van der Waals surface area contributed by atoms with Crippen LogP contribution < -0.4 is 5.32 Å². The van der Waals surface area contributed by atoms with Gasteiger partial charge in [0.2, 0.25) is 11.8 Å². The smallest absolute Gasteiger partial charge is 0.235 e. The lowest BCUT2D eigenvalue weighted by Gasteiger charge is -2.21. The number of piperidine rings is 1. The number of amides is 2. The molecule has 5 nitrogen and oxygen atoms in total. The summed E-state index contributed by atoms with van der Waals surface area (Å²) < 4.78 is 14.2. The van der Waals surface area contributed by atoms with E-state index in [0.29, 0.717) is 29.6 Å². The van der Waals surface area contributed by atoms with Crippen molar-refractivity contribution in [3.05, 3.63) is 29.2 Å². The Balaban J connectivity index is 2.14. The molecule has 1 fully saturated rings. The third kappa shape index (κ3) is 2.28. The van der Waals surface area contributed by atoms with E-state index in [1.165, 1.54) is 6.07 Å². The first-order valence-corrected chi connectivity index (χ1v) is 7.29. The van der Waals surface area contributed by atoms with E-state index in [4.69, 9.17) is 0 Å². The topological polar surface area (TPSA) is 74.8 Å². The monoisotopic (exact) mass is 303 g/mol. The number of aromatic nitrogens is 2. The zero-order chi connectivity index (χ0) is 16.1. The van der Waals surface area contributed by atoms with Crippen LogP contribution >= 0.6 is 0 Å². The highest BCUT2D eigenvalue weighted by Gasteiger charge is 2.32. The van der Waals surface area contributed by atoms with Crippen LogP contribution in [0.25, 0.3) is 10.9 Å². The third-order valence-electron chi connectivity index (χ3n) is 4.04. The summed E-state index contributed by atoms with van der Waals surface area (Å²) in [6.45, 7) is 5.77. The van der Waals surface area contributed by atoms with Gasteiger partial charge in [-0.15, -0.1) is 0 Å². The molecule has 1 aromatic carbocycles. The lowest BCUT2D eigenvalue weighted by Crippen LogP contribution is -2.39. The van der Waals surface area contributed by atoms with E-state index in [-0.39, 0.29) is 17.6 Å². The normalized spacial score (nSPS) is 19.5. The quantitative estimate of drug-likeness (QED) is 0.795. The third-order valence-corrected chi connectivity index (χ3v) is 4.04. The first-order valence-electron chi connectivity index (χ1n) is 7.29. The fourth-order valence-corrected chi connectivity index (χ4v) is 3.02. The molecule has 1 saturated heterocycles. The van der Waals surface area contributed by atoms with E-state index >= 15 is 0 Å². The molecule has 1 aliphatic rings. The van der Waals surface area contributed by atoms with Gasteiger partial charge in [0, 0.05) is 17.4 Å². The van der Waals surface area contributed by atoms with E-state index in [9.17, 15) is 14.0 Å². The molecule has 1 aromatic heterocycles. The maximum atomic E-state index is 14.2. The Morgan fingerprint density at radius 1 is 1.27 bits per heavy atom. The van der Waals surface area contributed by atoms with Crippen molar-refractivity contribution in [3.63, 3.8) is 0 Å². The number of carbonyl (C=O) groups excluding carboxylic acids is 2. The predicted molar refractivity (Wildman–Crippen MR) is 79.9 cm³/mol. The van der Waals surface area contributed by atoms with Crippen LogP contribution in [-0.2, 0) is 15.0 Å². The van der Waals surface area contributed by atoms with E-state index in [2.05, 4.69) is 15.5 Å². The van der Waals surface area contributed by atoms with Gasteiger partial charge >= 0.3 is 0 Å². The number of benzene rings is 1. The molecule has 0 aliphatic carbocycles. The SMILES string of the molecule is CC(C)(C)c1c(F)ccc2c(C3CCC(=O)NC3=O)[nH]nc12. The summed E-state index contributed by atoms with van der Waals surface area (Å²) >= 11 is 0. The summed E-state index contributed by atoms with van der Waals surface area (Å²) in [5, 5.41) is 10.2. The van der Waals surface area contributed by atoms with Crippen LogP contribution in [0.4, 0.5) is 4.39 Å². The number of carbonyl (C=O) groups is 2. The highest BCUT2D eigenvalue weighted by atomic mass is 19.1. The predicted octanol–water partition coefficient (Wildman–Crippen LogP) is 2.52. The molecule has 0 spiro atoms. The van der Waals surface area contributed by atoms with Gasteiger partial charge in [0.25, 0.3) is 0 Å². The molecule has 6 heteroatoms. The number of hydrogen-bond donors (Lipinski definition) is 2. The summed E-state index contributed by atoms with van der Waals surface area (Å²) in [6.07, 6.45) is 0.731. The van der Waals surface area contributed by atoms with Crippen molar-refractivity contribution in [1.29, 1.82) is 0 Å². The van der Waals surface area contributed by atoms with Crippen molar-refractivity contribution >= 4 is 22.7 Å². The Bertz CT molecular complexity index is 774. The highest BCUT2D eigenvalue weighted by Crippen LogP contribution is 2.35. The number of fused-ring (bicyclic) bond motifs is 1. The van der Waals surface area contributed by atoms with Gasteiger partial charge in [0.05, 0.1) is 17.1 Å². The van der Waals surface area contributed by atoms with Crippen molar-refractivity contribution in [2.24, 2.45) is 0 Å². The molecule has 2 heterocycles. The molecule has 2 amide bonds. The Morgan fingerprint density at radius 2 is 2.00 bits per heavy atom. The number of rotatable bonds is 1. The maximum absolute atomic E-state index is 14.2. The van der Waals surface area contributed by atoms with Gasteiger partial charge in [-0.1, -0.05) is 20.8 Å². The van der Waals surface area contributed by atoms with E-state index in [1.54, 1.807) is 6.07 Å². The lowest BCUT2D eigenvalue weighted by atomic mass is 9.84. The van der Waals surface area contributed by atoms with E-state index in [1.807, 2.05) is 20.8 Å². The van der Waals surface area contributed by atoms with Crippen molar-refractivity contribution in [1.82, 2.24) is 15.5 Å². The zero-order valence-electron chi connectivity index (χ0n) is 12.8. The number of halogens is 1. The first-order chi connectivity index (χ1) is 10.3. The molecule has 22 heavy (non-hydrogen) atoms. The fraction of sp³-hybridized carbons (Fsp3) is 0.438. The van der Waals surface area contributed by atoms with Crippen LogP contribution in [0.1, 0.15) is 50.8 Å². The van der Waals surface area contributed by atoms with E-state index in [0.717, 1.165) is 5.39 Å². The molecule has 1 aliphatic heterocycles. The molecule has 1 atom stereocenters. The van der Waals surface area contributed by atoms with Gasteiger partial charge in [-0.25, -0.2) is 4.39 Å². The van der Waals surface area contributed by atoms with Gasteiger partial charge in [-0.2, -0.15) is 5.10 Å². The van der Waals surface area contributed by atoms with Crippen LogP contribution in [0.5, 0.6) is 0 Å². The van der Waals surface area contributed by atoms with Crippen LogP contribution in [0.2, 0.25) is 0 Å². The lowest BCUT2D eigenvalue weighted by molar-refractivity contribution is -0.134. The van der Waals surface area contributed by atoms with Gasteiger partial charge in [-0.05, 0) is 24.0 Å². The summed E-state index contributed by atoms with van der Waals surface area (Å²) in [5.41, 5.74) is 1.32. The van der Waals surface area contributed by atoms with Gasteiger partial charge in [-0.3, -0.25) is 20.0 Å². The number of H-pyrrole nitrogens is 1. The van der Waals surface area contributed by atoms with Crippen molar-refractivity contribution < 1.29 is 14.0 Å². The van der Waals surface area contributed by atoms with Crippen LogP contribution in [0.3, 0.4) is 0 Å². The van der Waals surface area contributed by atoms with E-state index < -0.39 is 11.3 Å². The van der Waals surface area contributed by atoms with Crippen molar-refractivity contribution in [2.75, 3.05) is 0 Å². The van der Waals surface area contributed by atoms with Crippen molar-refractivity contribution in [3.8, 4) is 0 Å². The maximum Gasteiger partial charge on any atom is 0.235 e. The second-order valence-corrected chi connectivity index (χ2v) is 6.71. The Labute approximate surface area is 127 Å². The number of nitrogens with zero attached hydrogens (tertiary/aromatic N) is 1. The number of nitrogens with one attached hydrogen (secondary N) is 2. The fourth-order valence-electron chi connectivity index (χ4n) is 3.02. The Kier molecular flexibility index (Phi) is 3.27. The Morgan fingerprint density at radius 3 is 2.64 bits per heavy atom. The molecule has 2 N–H and O–H groups in total. The first kappa shape index (κ1) is 14.7. The standard InChI is InChI=1S/C16H18FN3O2/c1-16(2,3)12-10(17)6-4-8-13(19-20-14(8)12)9-5-7-11(21)18-15(9)22/h4,6,9H,5,7H2,1-3H3,(H,19,20)(H,18,21,22). The largest absolute Gasteiger partial charge is 0.296 e. The average Bonchev–Trinajstić information content (AvgIpc) is 2.80. The minimum Gasteiger partial charge on any atom is -0.296 e. The second-order valence-electron chi connectivity index (χ2n) is 6.71. The minimum atomic E-state index is -0.457. The Hall–Kier alpha value is -2.24. The van der Waals surface area contributed by atoms with Crippen LogP contribution in [-0.4, -0.2) is 22.0 Å². The molecular weight excluding hydrogens is 285 g/mol. The number of hydrogen-bond acceptors (Lipinski definition) is 3. The molecular formula is C16H18FN3O2. The second kappa shape index (κ2) is 4.90. The molecule has 0 saturated carbocycles. The summed E-state index contributed by atoms with van der Waals surface area (Å²) in [4.78, 5) is 23.3.